The molecule has 0 radical (unpaired) electrons. The summed E-state index contributed by atoms with van der Waals surface area (Å²) in [6.45, 7) is 0. The molecule has 2 aromatic rings. The third-order valence-corrected chi connectivity index (χ3v) is 3.97. The summed E-state index contributed by atoms with van der Waals surface area (Å²) in [7, 11) is 3.14. The van der Waals surface area contributed by atoms with Gasteiger partial charge in [0.05, 0.1) is 14.2 Å². The second kappa shape index (κ2) is 6.88. The molecule has 0 saturated carbocycles. The molecule has 3 rings (SSSR count). The number of hydrogen-bond acceptors (Lipinski definition) is 5. The first-order chi connectivity index (χ1) is 11.6. The number of carbonyl (C=O) groups excluding carboxylic acids is 1. The van der Waals surface area contributed by atoms with Crippen molar-refractivity contribution in [2.45, 2.75) is 0 Å². The lowest BCUT2D eigenvalue weighted by molar-refractivity contribution is -0.129. The molecular weight excluding hydrogens is 374 g/mol. The standard InChI is InChI=1S/C18H14BrNO4/c1-22-14-8-5-12(16(10-14)23-2)9-15-18(21)24-17(20-15)11-3-6-13(19)7-4-11/h3-10H,1-2H3. The van der Waals surface area contributed by atoms with Gasteiger partial charge in [0.2, 0.25) is 5.90 Å². The second-order valence-corrected chi connectivity index (χ2v) is 5.87. The Labute approximate surface area is 147 Å². The Morgan fingerprint density at radius 2 is 1.83 bits per heavy atom. The van der Waals surface area contributed by atoms with Gasteiger partial charge in [-0.1, -0.05) is 15.9 Å². The van der Waals surface area contributed by atoms with Crippen molar-refractivity contribution in [2.75, 3.05) is 14.2 Å². The number of rotatable bonds is 4. The Morgan fingerprint density at radius 3 is 2.50 bits per heavy atom. The monoisotopic (exact) mass is 387 g/mol. The molecule has 1 aliphatic rings. The van der Waals surface area contributed by atoms with Crippen molar-refractivity contribution in [3.63, 3.8) is 0 Å². The van der Waals surface area contributed by atoms with Gasteiger partial charge in [-0.05, 0) is 42.5 Å². The number of carbonyl (C=O) groups is 1. The van der Waals surface area contributed by atoms with Crippen LogP contribution in [0.5, 0.6) is 11.5 Å². The molecule has 0 spiro atoms. The number of methoxy groups -OCH3 is 2. The molecule has 0 aliphatic carbocycles. The van der Waals surface area contributed by atoms with Crippen LogP contribution < -0.4 is 9.47 Å². The lowest BCUT2D eigenvalue weighted by Crippen LogP contribution is -2.05. The summed E-state index contributed by atoms with van der Waals surface area (Å²) >= 11 is 3.37. The third-order valence-electron chi connectivity index (χ3n) is 3.44. The fourth-order valence-electron chi connectivity index (χ4n) is 2.21. The summed E-state index contributed by atoms with van der Waals surface area (Å²) < 4.78 is 16.7. The van der Waals surface area contributed by atoms with Crippen molar-refractivity contribution in [3.05, 3.63) is 63.8 Å². The molecule has 1 heterocycles. The van der Waals surface area contributed by atoms with E-state index < -0.39 is 5.97 Å². The quantitative estimate of drug-likeness (QED) is 0.591. The van der Waals surface area contributed by atoms with E-state index >= 15 is 0 Å². The van der Waals surface area contributed by atoms with Crippen LogP contribution in [0.2, 0.25) is 0 Å². The molecule has 0 fully saturated rings. The Bertz CT molecular complexity index is 841. The predicted octanol–water partition coefficient (Wildman–Crippen LogP) is 3.81. The zero-order valence-corrected chi connectivity index (χ0v) is 14.7. The average molecular weight is 388 g/mol. The molecule has 1 aliphatic heterocycles. The predicted molar refractivity (Wildman–Crippen MR) is 94.3 cm³/mol. The van der Waals surface area contributed by atoms with E-state index in [1.54, 1.807) is 38.5 Å². The molecule has 6 heteroatoms. The van der Waals surface area contributed by atoms with Gasteiger partial charge < -0.3 is 14.2 Å². The van der Waals surface area contributed by atoms with Crippen LogP contribution in [0.4, 0.5) is 0 Å². The first kappa shape index (κ1) is 16.3. The SMILES string of the molecule is COc1ccc(C=C2N=C(c3ccc(Br)cc3)OC2=O)c(OC)c1. The maximum absolute atomic E-state index is 12.1. The Morgan fingerprint density at radius 1 is 1.08 bits per heavy atom. The normalized spacial score (nSPS) is 15.2. The van der Waals surface area contributed by atoms with Gasteiger partial charge in [0, 0.05) is 21.7 Å². The zero-order valence-electron chi connectivity index (χ0n) is 13.1. The molecule has 0 N–H and O–H groups in total. The molecule has 0 atom stereocenters. The van der Waals surface area contributed by atoms with Crippen molar-refractivity contribution < 1.29 is 19.0 Å². The molecule has 0 bridgehead atoms. The van der Waals surface area contributed by atoms with Crippen LogP contribution in [0.15, 0.2) is 57.6 Å². The van der Waals surface area contributed by atoms with Crippen molar-refractivity contribution in [2.24, 2.45) is 4.99 Å². The van der Waals surface area contributed by atoms with E-state index in [0.717, 1.165) is 10.0 Å². The number of nitrogens with zero attached hydrogens (tertiary/aromatic N) is 1. The van der Waals surface area contributed by atoms with Gasteiger partial charge in [-0.25, -0.2) is 9.79 Å². The van der Waals surface area contributed by atoms with E-state index in [1.807, 2.05) is 24.3 Å². The maximum Gasteiger partial charge on any atom is 0.363 e. The van der Waals surface area contributed by atoms with Crippen LogP contribution in [-0.2, 0) is 9.53 Å². The zero-order chi connectivity index (χ0) is 17.1. The van der Waals surface area contributed by atoms with Crippen LogP contribution in [0.1, 0.15) is 11.1 Å². The average Bonchev–Trinajstić information content (AvgIpc) is 2.96. The molecular formula is C18H14BrNO4. The highest BCUT2D eigenvalue weighted by atomic mass is 79.9. The Hall–Kier alpha value is -2.60. The molecule has 122 valence electrons. The summed E-state index contributed by atoms with van der Waals surface area (Å²) in [4.78, 5) is 16.4. The number of aliphatic imine (C=N–C) groups is 1. The van der Waals surface area contributed by atoms with Gasteiger partial charge in [0.15, 0.2) is 5.70 Å². The fourth-order valence-corrected chi connectivity index (χ4v) is 2.47. The number of ether oxygens (including phenoxy) is 3. The van der Waals surface area contributed by atoms with Crippen molar-refractivity contribution in [3.8, 4) is 11.5 Å². The van der Waals surface area contributed by atoms with Crippen molar-refractivity contribution in [1.29, 1.82) is 0 Å². The van der Waals surface area contributed by atoms with Crippen molar-refractivity contribution >= 4 is 33.9 Å². The molecule has 0 saturated heterocycles. The van der Waals surface area contributed by atoms with Gasteiger partial charge in [0.1, 0.15) is 11.5 Å². The largest absolute Gasteiger partial charge is 0.497 e. The van der Waals surface area contributed by atoms with Crippen LogP contribution in [-0.4, -0.2) is 26.1 Å². The summed E-state index contributed by atoms with van der Waals surface area (Å²) in [5.41, 5.74) is 1.67. The molecule has 24 heavy (non-hydrogen) atoms. The molecule has 2 aromatic carbocycles. The highest BCUT2D eigenvalue weighted by Crippen LogP contribution is 2.28. The smallest absolute Gasteiger partial charge is 0.363 e. The summed E-state index contributed by atoms with van der Waals surface area (Å²) in [5, 5.41) is 0. The van der Waals surface area contributed by atoms with E-state index in [4.69, 9.17) is 14.2 Å². The van der Waals surface area contributed by atoms with E-state index in [2.05, 4.69) is 20.9 Å². The lowest BCUT2D eigenvalue weighted by Gasteiger charge is -2.07. The number of hydrogen-bond donors (Lipinski definition) is 0. The second-order valence-electron chi connectivity index (χ2n) is 4.95. The van der Waals surface area contributed by atoms with E-state index in [-0.39, 0.29) is 11.6 Å². The molecule has 0 amide bonds. The van der Waals surface area contributed by atoms with Crippen molar-refractivity contribution in [1.82, 2.24) is 0 Å². The van der Waals surface area contributed by atoms with E-state index in [0.29, 0.717) is 17.1 Å². The van der Waals surface area contributed by atoms with Gasteiger partial charge >= 0.3 is 5.97 Å². The number of cyclic esters (lactones) is 1. The Kier molecular flexibility index (Phi) is 4.66. The number of esters is 1. The third kappa shape index (κ3) is 3.33. The van der Waals surface area contributed by atoms with E-state index in [1.165, 1.54) is 0 Å². The summed E-state index contributed by atoms with van der Waals surface area (Å²) in [6.07, 6.45) is 1.63. The van der Waals surface area contributed by atoms with Gasteiger partial charge in [-0.15, -0.1) is 0 Å². The van der Waals surface area contributed by atoms with Gasteiger partial charge in [-0.2, -0.15) is 0 Å². The number of benzene rings is 2. The first-order valence-electron chi connectivity index (χ1n) is 7.11. The van der Waals surface area contributed by atoms with Crippen LogP contribution in [0.3, 0.4) is 0 Å². The summed E-state index contributed by atoms with van der Waals surface area (Å²) in [6, 6.07) is 12.7. The Balaban J connectivity index is 1.95. The summed E-state index contributed by atoms with van der Waals surface area (Å²) in [5.74, 6) is 1.04. The highest BCUT2D eigenvalue weighted by Gasteiger charge is 2.24. The molecule has 5 nitrogen and oxygen atoms in total. The lowest BCUT2D eigenvalue weighted by atomic mass is 10.1. The van der Waals surface area contributed by atoms with Gasteiger partial charge in [0.25, 0.3) is 0 Å². The van der Waals surface area contributed by atoms with Crippen LogP contribution in [0.25, 0.3) is 6.08 Å². The number of halogens is 1. The molecule has 0 aromatic heterocycles. The van der Waals surface area contributed by atoms with E-state index in [9.17, 15) is 4.79 Å². The van der Waals surface area contributed by atoms with Crippen LogP contribution in [0, 0.1) is 0 Å². The fraction of sp³-hybridized carbons (Fsp3) is 0.111. The first-order valence-corrected chi connectivity index (χ1v) is 7.90. The highest BCUT2D eigenvalue weighted by molar-refractivity contribution is 9.10. The minimum atomic E-state index is -0.495. The topological polar surface area (TPSA) is 57.1 Å². The minimum Gasteiger partial charge on any atom is -0.497 e. The maximum atomic E-state index is 12.1. The minimum absolute atomic E-state index is 0.219. The van der Waals surface area contributed by atoms with Gasteiger partial charge in [-0.3, -0.25) is 0 Å². The van der Waals surface area contributed by atoms with Crippen LogP contribution >= 0.6 is 15.9 Å². The molecule has 0 unspecified atom stereocenters.